The number of carbonyl (C=O) groups is 1. The quantitative estimate of drug-likeness (QED) is 0.574. The van der Waals surface area contributed by atoms with E-state index in [2.05, 4.69) is 5.32 Å². The third kappa shape index (κ3) is 4.65. The van der Waals surface area contributed by atoms with Gasteiger partial charge >= 0.3 is 0 Å². The second-order valence-electron chi connectivity index (χ2n) is 6.50. The number of benzene rings is 3. The molecule has 4 nitrogen and oxygen atoms in total. The number of carbonyl (C=O) groups excluding carboxylic acids is 1. The first-order chi connectivity index (χ1) is 13.5. The summed E-state index contributed by atoms with van der Waals surface area (Å²) in [4.78, 5) is 12.7. The minimum atomic E-state index is -0.222. The smallest absolute Gasteiger partial charge is 0.255 e. The number of amides is 1. The van der Waals surface area contributed by atoms with Crippen LogP contribution in [0.5, 0.6) is 11.5 Å². The lowest BCUT2D eigenvalue weighted by atomic mass is 10.1. The van der Waals surface area contributed by atoms with Crippen molar-refractivity contribution in [2.24, 2.45) is 0 Å². The number of aryl methyl sites for hydroxylation is 2. The molecule has 0 aliphatic rings. The highest BCUT2D eigenvalue weighted by atomic mass is 35.5. The van der Waals surface area contributed by atoms with Gasteiger partial charge in [0, 0.05) is 21.8 Å². The van der Waals surface area contributed by atoms with Gasteiger partial charge in [-0.1, -0.05) is 35.9 Å². The van der Waals surface area contributed by atoms with Crippen molar-refractivity contribution in [2.45, 2.75) is 20.5 Å². The molecule has 5 heteroatoms. The lowest BCUT2D eigenvalue weighted by Gasteiger charge is -2.13. The van der Waals surface area contributed by atoms with Crippen LogP contribution in [-0.2, 0) is 6.61 Å². The van der Waals surface area contributed by atoms with Gasteiger partial charge in [-0.3, -0.25) is 4.79 Å². The molecule has 0 radical (unpaired) electrons. The van der Waals surface area contributed by atoms with Crippen molar-refractivity contribution in [3.63, 3.8) is 0 Å². The van der Waals surface area contributed by atoms with Crippen molar-refractivity contribution in [1.82, 2.24) is 0 Å². The highest BCUT2D eigenvalue weighted by molar-refractivity contribution is 6.31. The van der Waals surface area contributed by atoms with E-state index in [-0.39, 0.29) is 5.91 Å². The average Bonchev–Trinajstić information content (AvgIpc) is 2.70. The molecule has 0 fully saturated rings. The Bertz CT molecular complexity index is 1000. The number of hydrogen-bond acceptors (Lipinski definition) is 3. The molecule has 0 aliphatic heterocycles. The molecule has 0 aliphatic carbocycles. The van der Waals surface area contributed by atoms with Crippen molar-refractivity contribution in [2.75, 3.05) is 12.4 Å². The normalized spacial score (nSPS) is 10.4. The predicted octanol–water partition coefficient (Wildman–Crippen LogP) is 5.80. The van der Waals surface area contributed by atoms with Gasteiger partial charge in [-0.25, -0.2) is 0 Å². The minimum Gasteiger partial charge on any atom is -0.496 e. The molecule has 0 spiro atoms. The predicted molar refractivity (Wildman–Crippen MR) is 113 cm³/mol. The van der Waals surface area contributed by atoms with Gasteiger partial charge in [0.25, 0.3) is 5.91 Å². The zero-order valence-electron chi connectivity index (χ0n) is 16.1. The summed E-state index contributed by atoms with van der Waals surface area (Å²) in [6.07, 6.45) is 0. The Morgan fingerprint density at radius 2 is 1.75 bits per heavy atom. The summed E-state index contributed by atoms with van der Waals surface area (Å²) in [7, 11) is 1.60. The van der Waals surface area contributed by atoms with Gasteiger partial charge in [-0.15, -0.1) is 0 Å². The van der Waals surface area contributed by atoms with Gasteiger partial charge in [0.2, 0.25) is 0 Å². The van der Waals surface area contributed by atoms with Crippen LogP contribution in [0.15, 0.2) is 60.7 Å². The van der Waals surface area contributed by atoms with Crippen molar-refractivity contribution in [3.8, 4) is 11.5 Å². The van der Waals surface area contributed by atoms with Crippen molar-refractivity contribution in [3.05, 3.63) is 87.9 Å². The Kier molecular flexibility index (Phi) is 6.22. The molecule has 0 heterocycles. The van der Waals surface area contributed by atoms with Crippen LogP contribution in [0.1, 0.15) is 27.0 Å². The first kappa shape index (κ1) is 19.8. The standard InChI is InChI=1S/C23H22ClNO3/c1-15-8-10-19(13-20(15)24)25-23(26)17-9-11-22(27-3)18(12-17)14-28-21-7-5-4-6-16(21)2/h4-13H,14H2,1-3H3,(H,25,26). The minimum absolute atomic E-state index is 0.222. The Morgan fingerprint density at radius 3 is 2.46 bits per heavy atom. The molecular formula is C23H22ClNO3. The summed E-state index contributed by atoms with van der Waals surface area (Å²) in [6, 6.07) is 18.5. The van der Waals surface area contributed by atoms with Crippen LogP contribution in [0, 0.1) is 13.8 Å². The number of para-hydroxylation sites is 1. The summed E-state index contributed by atoms with van der Waals surface area (Å²) in [5, 5.41) is 3.48. The number of ether oxygens (including phenoxy) is 2. The van der Waals surface area contributed by atoms with Gasteiger partial charge < -0.3 is 14.8 Å². The maximum absolute atomic E-state index is 12.7. The SMILES string of the molecule is COc1ccc(C(=O)Nc2ccc(C)c(Cl)c2)cc1COc1ccccc1C. The lowest BCUT2D eigenvalue weighted by molar-refractivity contribution is 0.102. The molecule has 0 atom stereocenters. The number of hydrogen-bond donors (Lipinski definition) is 1. The van der Waals surface area contributed by atoms with E-state index in [9.17, 15) is 4.79 Å². The first-order valence-electron chi connectivity index (χ1n) is 8.91. The molecule has 28 heavy (non-hydrogen) atoms. The van der Waals surface area contributed by atoms with Crippen LogP contribution < -0.4 is 14.8 Å². The third-order valence-electron chi connectivity index (χ3n) is 4.45. The van der Waals surface area contributed by atoms with Crippen LogP contribution in [0.2, 0.25) is 5.02 Å². The summed E-state index contributed by atoms with van der Waals surface area (Å²) in [6.45, 7) is 4.20. The molecule has 3 aromatic carbocycles. The van der Waals surface area contributed by atoms with Crippen LogP contribution in [0.4, 0.5) is 5.69 Å². The highest BCUT2D eigenvalue weighted by Crippen LogP contribution is 2.25. The van der Waals surface area contributed by atoms with E-state index in [4.69, 9.17) is 21.1 Å². The van der Waals surface area contributed by atoms with E-state index >= 15 is 0 Å². The molecule has 0 bridgehead atoms. The molecule has 0 saturated heterocycles. The highest BCUT2D eigenvalue weighted by Gasteiger charge is 2.12. The second kappa shape index (κ2) is 8.81. The fraction of sp³-hybridized carbons (Fsp3) is 0.174. The summed E-state index contributed by atoms with van der Waals surface area (Å²) >= 11 is 6.14. The van der Waals surface area contributed by atoms with Crippen LogP contribution in [-0.4, -0.2) is 13.0 Å². The lowest BCUT2D eigenvalue weighted by Crippen LogP contribution is -2.13. The first-order valence-corrected chi connectivity index (χ1v) is 9.28. The number of anilines is 1. The topological polar surface area (TPSA) is 47.6 Å². The summed E-state index contributed by atoms with van der Waals surface area (Å²) in [5.41, 5.74) is 3.96. The van der Waals surface area contributed by atoms with Gasteiger partial charge in [-0.2, -0.15) is 0 Å². The maximum atomic E-state index is 12.7. The zero-order valence-corrected chi connectivity index (χ0v) is 16.8. The summed E-state index contributed by atoms with van der Waals surface area (Å²) < 4.78 is 11.3. The summed E-state index contributed by atoms with van der Waals surface area (Å²) in [5.74, 6) is 1.25. The molecule has 0 saturated carbocycles. The Hall–Kier alpha value is -2.98. The molecule has 1 amide bonds. The van der Waals surface area contributed by atoms with E-state index in [0.29, 0.717) is 28.6 Å². The Morgan fingerprint density at radius 1 is 0.964 bits per heavy atom. The molecule has 0 unspecified atom stereocenters. The molecular weight excluding hydrogens is 374 g/mol. The third-order valence-corrected chi connectivity index (χ3v) is 4.86. The van der Waals surface area contributed by atoms with Crippen LogP contribution >= 0.6 is 11.6 Å². The monoisotopic (exact) mass is 395 g/mol. The number of methoxy groups -OCH3 is 1. The number of rotatable bonds is 6. The van der Waals surface area contributed by atoms with E-state index < -0.39 is 0 Å². The fourth-order valence-corrected chi connectivity index (χ4v) is 2.96. The van der Waals surface area contributed by atoms with Gasteiger partial charge in [0.1, 0.15) is 18.1 Å². The number of halogens is 1. The second-order valence-corrected chi connectivity index (χ2v) is 6.91. The molecule has 3 aromatic rings. The maximum Gasteiger partial charge on any atom is 0.255 e. The molecule has 3 rings (SSSR count). The van der Waals surface area contributed by atoms with E-state index in [0.717, 1.165) is 22.4 Å². The Labute approximate surface area is 170 Å². The Balaban J connectivity index is 1.78. The average molecular weight is 396 g/mol. The van der Waals surface area contributed by atoms with E-state index in [1.165, 1.54) is 0 Å². The number of nitrogens with one attached hydrogen (secondary N) is 1. The van der Waals surface area contributed by atoms with Crippen LogP contribution in [0.3, 0.4) is 0 Å². The largest absolute Gasteiger partial charge is 0.496 e. The van der Waals surface area contributed by atoms with Crippen LogP contribution in [0.25, 0.3) is 0 Å². The van der Waals surface area contributed by atoms with Crippen molar-refractivity contribution in [1.29, 1.82) is 0 Å². The van der Waals surface area contributed by atoms with Gasteiger partial charge in [0.05, 0.1) is 7.11 Å². The van der Waals surface area contributed by atoms with Gasteiger partial charge in [-0.05, 0) is 61.4 Å². The fourth-order valence-electron chi connectivity index (χ4n) is 2.78. The van der Waals surface area contributed by atoms with Crippen molar-refractivity contribution >= 4 is 23.2 Å². The molecule has 144 valence electrons. The zero-order chi connectivity index (χ0) is 20.1. The van der Waals surface area contributed by atoms with E-state index in [1.807, 2.05) is 50.2 Å². The molecule has 1 N–H and O–H groups in total. The van der Waals surface area contributed by atoms with E-state index in [1.54, 1.807) is 31.4 Å². The molecule has 0 aromatic heterocycles. The van der Waals surface area contributed by atoms with Crippen molar-refractivity contribution < 1.29 is 14.3 Å². The van der Waals surface area contributed by atoms with Gasteiger partial charge in [0.15, 0.2) is 0 Å².